The van der Waals surface area contributed by atoms with E-state index in [2.05, 4.69) is 53.1 Å². The van der Waals surface area contributed by atoms with Crippen molar-refractivity contribution >= 4 is 27.5 Å². The van der Waals surface area contributed by atoms with Crippen LogP contribution in [0.2, 0.25) is 5.02 Å². The molecule has 1 rings (SSSR count). The molecule has 0 radical (unpaired) electrons. The van der Waals surface area contributed by atoms with Crippen molar-refractivity contribution in [3.8, 4) is 0 Å². The second kappa shape index (κ2) is 7.37. The number of likely N-dealkylation sites (N-methyl/N-ethyl adjacent to an activating group) is 1. The number of hydrogen-bond donors (Lipinski definition) is 1. The van der Waals surface area contributed by atoms with Crippen molar-refractivity contribution in [2.24, 2.45) is 0 Å². The van der Waals surface area contributed by atoms with Gasteiger partial charge in [-0.25, -0.2) is 0 Å². The predicted octanol–water partition coefficient (Wildman–Crippen LogP) is 3.53. The molecule has 0 aliphatic rings. The number of halogens is 2. The Balaban J connectivity index is 2.44. The first-order chi connectivity index (χ1) is 8.02. The van der Waals surface area contributed by atoms with E-state index in [1.165, 1.54) is 5.56 Å². The Bertz CT molecular complexity index is 357. The third-order valence-electron chi connectivity index (χ3n) is 2.78. The Morgan fingerprint density at radius 2 is 2.18 bits per heavy atom. The largest absolute Gasteiger partial charge is 0.309 e. The van der Waals surface area contributed by atoms with Crippen molar-refractivity contribution in [2.75, 3.05) is 20.1 Å². The molecule has 0 bridgehead atoms. The molecule has 0 heterocycles. The van der Waals surface area contributed by atoms with Crippen molar-refractivity contribution < 1.29 is 0 Å². The van der Waals surface area contributed by atoms with E-state index >= 15 is 0 Å². The Labute approximate surface area is 117 Å². The second-order valence-electron chi connectivity index (χ2n) is 4.37. The first-order valence-electron chi connectivity index (χ1n) is 5.88. The van der Waals surface area contributed by atoms with E-state index in [0.717, 1.165) is 29.1 Å². The van der Waals surface area contributed by atoms with Crippen molar-refractivity contribution in [3.05, 3.63) is 33.3 Å². The van der Waals surface area contributed by atoms with Gasteiger partial charge in [0, 0.05) is 28.6 Å². The predicted molar refractivity (Wildman–Crippen MR) is 78.6 cm³/mol. The summed E-state index contributed by atoms with van der Waals surface area (Å²) in [5.41, 5.74) is 1.24. The highest BCUT2D eigenvalue weighted by Gasteiger charge is 2.06. The van der Waals surface area contributed by atoms with Crippen LogP contribution in [0.5, 0.6) is 0 Å². The number of nitrogens with one attached hydrogen (secondary N) is 1. The molecule has 1 aromatic carbocycles. The van der Waals surface area contributed by atoms with Crippen LogP contribution in [-0.2, 0) is 6.54 Å². The lowest BCUT2D eigenvalue weighted by Crippen LogP contribution is -2.36. The first-order valence-corrected chi connectivity index (χ1v) is 7.06. The molecule has 0 aromatic heterocycles. The Morgan fingerprint density at radius 1 is 1.47 bits per heavy atom. The third-order valence-corrected chi connectivity index (χ3v) is 3.75. The van der Waals surface area contributed by atoms with Gasteiger partial charge in [-0.2, -0.15) is 0 Å². The highest BCUT2D eigenvalue weighted by atomic mass is 79.9. The fourth-order valence-electron chi connectivity index (χ4n) is 1.61. The summed E-state index contributed by atoms with van der Waals surface area (Å²) in [7, 11) is 2.14. The van der Waals surface area contributed by atoms with Crippen LogP contribution in [0.1, 0.15) is 19.4 Å². The summed E-state index contributed by atoms with van der Waals surface area (Å²) >= 11 is 9.44. The van der Waals surface area contributed by atoms with E-state index in [-0.39, 0.29) is 0 Å². The fourth-order valence-corrected chi connectivity index (χ4v) is 2.43. The minimum Gasteiger partial charge on any atom is -0.309 e. The molecule has 1 atom stereocenters. The highest BCUT2D eigenvalue weighted by Crippen LogP contribution is 2.21. The van der Waals surface area contributed by atoms with E-state index in [9.17, 15) is 0 Å². The molecular formula is C13H20BrClN2. The molecule has 0 aliphatic carbocycles. The van der Waals surface area contributed by atoms with Crippen LogP contribution in [0, 0.1) is 0 Å². The summed E-state index contributed by atoms with van der Waals surface area (Å²) in [6, 6.07) is 6.38. The van der Waals surface area contributed by atoms with Crippen molar-refractivity contribution in [3.63, 3.8) is 0 Å². The van der Waals surface area contributed by atoms with Gasteiger partial charge in [0.1, 0.15) is 0 Å². The quantitative estimate of drug-likeness (QED) is 0.863. The average Bonchev–Trinajstić information content (AvgIpc) is 2.27. The molecule has 96 valence electrons. The second-order valence-corrected chi connectivity index (χ2v) is 5.66. The molecule has 0 amide bonds. The molecule has 1 aromatic rings. The number of hydrogen-bond acceptors (Lipinski definition) is 2. The van der Waals surface area contributed by atoms with Crippen molar-refractivity contribution in [1.29, 1.82) is 0 Å². The Hall–Kier alpha value is -0.0900. The molecule has 4 heteroatoms. The van der Waals surface area contributed by atoms with Crippen molar-refractivity contribution in [1.82, 2.24) is 10.2 Å². The topological polar surface area (TPSA) is 15.3 Å². The zero-order valence-corrected chi connectivity index (χ0v) is 13.0. The van der Waals surface area contributed by atoms with Crippen molar-refractivity contribution in [2.45, 2.75) is 26.4 Å². The highest BCUT2D eigenvalue weighted by molar-refractivity contribution is 9.10. The summed E-state index contributed by atoms with van der Waals surface area (Å²) < 4.78 is 1.06. The van der Waals surface area contributed by atoms with Crippen LogP contribution in [0.4, 0.5) is 0 Å². The number of rotatable bonds is 6. The lowest BCUT2D eigenvalue weighted by Gasteiger charge is -2.21. The monoisotopic (exact) mass is 318 g/mol. The van der Waals surface area contributed by atoms with Crippen LogP contribution < -0.4 is 5.32 Å². The minimum absolute atomic E-state index is 0.475. The molecule has 1 unspecified atom stereocenters. The molecule has 0 saturated heterocycles. The zero-order chi connectivity index (χ0) is 12.8. The van der Waals surface area contributed by atoms with E-state index in [1.54, 1.807) is 0 Å². The molecule has 0 saturated carbocycles. The van der Waals surface area contributed by atoms with Gasteiger partial charge < -0.3 is 10.2 Å². The van der Waals surface area contributed by atoms with Gasteiger partial charge in [-0.3, -0.25) is 0 Å². The summed E-state index contributed by atoms with van der Waals surface area (Å²) in [6.45, 7) is 7.37. The Kier molecular flexibility index (Phi) is 6.49. The number of benzene rings is 1. The standard InChI is InChI=1S/C13H20BrClN2/c1-4-17(3)9-10(2)16-8-11-5-6-12(15)7-13(11)14/h5-7,10,16H,4,8-9H2,1-3H3. The molecule has 2 nitrogen and oxygen atoms in total. The molecule has 1 N–H and O–H groups in total. The van der Waals surface area contributed by atoms with Gasteiger partial charge in [-0.1, -0.05) is 40.5 Å². The lowest BCUT2D eigenvalue weighted by molar-refractivity contribution is 0.309. The molecular weight excluding hydrogens is 300 g/mol. The van der Waals surface area contributed by atoms with Gasteiger partial charge >= 0.3 is 0 Å². The van der Waals surface area contributed by atoms with E-state index in [4.69, 9.17) is 11.6 Å². The van der Waals surface area contributed by atoms with Crippen LogP contribution in [0.15, 0.2) is 22.7 Å². The van der Waals surface area contributed by atoms with Gasteiger partial charge in [0.25, 0.3) is 0 Å². The lowest BCUT2D eigenvalue weighted by atomic mass is 10.2. The molecule has 17 heavy (non-hydrogen) atoms. The van der Waals surface area contributed by atoms with Crippen LogP contribution in [0.25, 0.3) is 0 Å². The zero-order valence-electron chi connectivity index (χ0n) is 10.6. The van der Waals surface area contributed by atoms with Gasteiger partial charge in [0.2, 0.25) is 0 Å². The normalized spacial score (nSPS) is 13.1. The van der Waals surface area contributed by atoms with E-state index < -0.39 is 0 Å². The van der Waals surface area contributed by atoms with Gasteiger partial charge in [-0.15, -0.1) is 0 Å². The fraction of sp³-hybridized carbons (Fsp3) is 0.538. The first kappa shape index (κ1) is 15.0. The minimum atomic E-state index is 0.475. The average molecular weight is 320 g/mol. The summed E-state index contributed by atoms with van der Waals surface area (Å²) in [5.74, 6) is 0. The van der Waals surface area contributed by atoms with Gasteiger partial charge in [0.15, 0.2) is 0 Å². The smallest absolute Gasteiger partial charge is 0.0417 e. The maximum atomic E-state index is 5.91. The van der Waals surface area contributed by atoms with Gasteiger partial charge in [0.05, 0.1) is 0 Å². The summed E-state index contributed by atoms with van der Waals surface area (Å²) in [4.78, 5) is 2.30. The maximum absolute atomic E-state index is 5.91. The SMILES string of the molecule is CCN(C)CC(C)NCc1ccc(Cl)cc1Br. The van der Waals surface area contributed by atoms with Crippen LogP contribution >= 0.6 is 27.5 Å². The Morgan fingerprint density at radius 3 is 2.76 bits per heavy atom. The van der Waals surface area contributed by atoms with E-state index in [1.807, 2.05) is 12.1 Å². The van der Waals surface area contributed by atoms with Gasteiger partial charge in [-0.05, 0) is 38.2 Å². The third kappa shape index (κ3) is 5.38. The summed E-state index contributed by atoms with van der Waals surface area (Å²) in [5, 5.41) is 4.27. The van der Waals surface area contributed by atoms with Crippen LogP contribution in [-0.4, -0.2) is 31.1 Å². The molecule has 0 fully saturated rings. The number of nitrogens with zero attached hydrogens (tertiary/aromatic N) is 1. The summed E-state index contributed by atoms with van der Waals surface area (Å²) in [6.07, 6.45) is 0. The molecule has 0 spiro atoms. The van der Waals surface area contributed by atoms with Crippen LogP contribution in [0.3, 0.4) is 0 Å². The van der Waals surface area contributed by atoms with E-state index in [0.29, 0.717) is 6.04 Å². The molecule has 0 aliphatic heterocycles. The maximum Gasteiger partial charge on any atom is 0.0417 e.